The van der Waals surface area contributed by atoms with E-state index in [2.05, 4.69) is 9.97 Å². The molecule has 2 heterocycles. The quantitative estimate of drug-likeness (QED) is 0.844. The van der Waals surface area contributed by atoms with Gasteiger partial charge in [-0.15, -0.1) is 11.3 Å². The highest BCUT2D eigenvalue weighted by Gasteiger charge is 2.07. The predicted octanol–water partition coefficient (Wildman–Crippen LogP) is 2.53. The molecule has 0 aromatic carbocycles. The summed E-state index contributed by atoms with van der Waals surface area (Å²) >= 11 is 1.62. The fraction of sp³-hybridized carbons (Fsp3) is 0.273. The number of thiazole rings is 1. The van der Waals surface area contributed by atoms with Crippen LogP contribution in [0.25, 0.3) is 10.6 Å². The average molecular weight is 219 g/mol. The second kappa shape index (κ2) is 4.08. The number of hydrogen-bond acceptors (Lipinski definition) is 4. The monoisotopic (exact) mass is 219 g/mol. The molecule has 78 valence electrons. The predicted molar refractivity (Wildman–Crippen MR) is 62.7 cm³/mol. The van der Waals surface area contributed by atoms with E-state index >= 15 is 0 Å². The maximum absolute atomic E-state index is 5.78. The van der Waals surface area contributed by atoms with Gasteiger partial charge in [0.25, 0.3) is 0 Å². The molecule has 0 aliphatic heterocycles. The van der Waals surface area contributed by atoms with Gasteiger partial charge >= 0.3 is 0 Å². The highest BCUT2D eigenvalue weighted by atomic mass is 32.1. The molecule has 15 heavy (non-hydrogen) atoms. The second-order valence-corrected chi connectivity index (χ2v) is 4.61. The largest absolute Gasteiger partial charge is 0.323 e. The molecule has 0 fully saturated rings. The van der Waals surface area contributed by atoms with Crippen molar-refractivity contribution in [2.24, 2.45) is 5.73 Å². The van der Waals surface area contributed by atoms with E-state index < -0.39 is 0 Å². The lowest BCUT2D eigenvalue weighted by molar-refractivity contribution is 0.835. The van der Waals surface area contributed by atoms with Gasteiger partial charge in [-0.25, -0.2) is 4.98 Å². The molecule has 0 aliphatic rings. The standard InChI is InChI=1S/C11H13N3S/c1-7-3-4-9(5-13-7)11-14-6-10(15-11)8(2)12/h3-6,8H,12H2,1-2H3/t8-/m0/s1. The Morgan fingerprint density at radius 2 is 2.07 bits per heavy atom. The van der Waals surface area contributed by atoms with E-state index in [0.29, 0.717) is 0 Å². The minimum Gasteiger partial charge on any atom is -0.323 e. The number of aromatic nitrogens is 2. The summed E-state index contributed by atoms with van der Waals surface area (Å²) in [4.78, 5) is 9.68. The molecule has 0 aliphatic carbocycles. The van der Waals surface area contributed by atoms with E-state index in [1.54, 1.807) is 11.3 Å². The van der Waals surface area contributed by atoms with Crippen LogP contribution >= 0.6 is 11.3 Å². The Morgan fingerprint density at radius 3 is 2.60 bits per heavy atom. The van der Waals surface area contributed by atoms with Crippen molar-refractivity contribution < 1.29 is 0 Å². The van der Waals surface area contributed by atoms with Gasteiger partial charge in [-0.05, 0) is 26.0 Å². The molecule has 0 spiro atoms. The lowest BCUT2D eigenvalue weighted by Gasteiger charge is -1.98. The molecule has 0 unspecified atom stereocenters. The van der Waals surface area contributed by atoms with Crippen molar-refractivity contribution in [3.8, 4) is 10.6 Å². The van der Waals surface area contributed by atoms with Gasteiger partial charge in [-0.3, -0.25) is 4.98 Å². The van der Waals surface area contributed by atoms with E-state index in [4.69, 9.17) is 5.73 Å². The fourth-order valence-electron chi connectivity index (χ4n) is 1.22. The van der Waals surface area contributed by atoms with Crippen molar-refractivity contribution in [2.75, 3.05) is 0 Å². The van der Waals surface area contributed by atoms with Crippen molar-refractivity contribution in [1.82, 2.24) is 9.97 Å². The third-order valence-corrected chi connectivity index (χ3v) is 3.38. The first-order valence-corrected chi connectivity index (χ1v) is 5.63. The van der Waals surface area contributed by atoms with Crippen LogP contribution in [0.5, 0.6) is 0 Å². The fourth-order valence-corrected chi connectivity index (χ4v) is 2.08. The molecule has 0 saturated heterocycles. The maximum atomic E-state index is 5.78. The lowest BCUT2D eigenvalue weighted by atomic mass is 10.3. The molecule has 0 radical (unpaired) electrons. The molecule has 2 aromatic rings. The SMILES string of the molecule is Cc1ccc(-c2ncc([C@H](C)N)s2)cn1. The van der Waals surface area contributed by atoms with E-state index in [1.165, 1.54) is 0 Å². The second-order valence-electron chi connectivity index (χ2n) is 3.54. The molecular formula is C11H13N3S. The molecule has 0 amide bonds. The number of rotatable bonds is 2. The first kappa shape index (κ1) is 10.3. The van der Waals surface area contributed by atoms with Crippen molar-refractivity contribution in [2.45, 2.75) is 19.9 Å². The molecule has 4 heteroatoms. The smallest absolute Gasteiger partial charge is 0.125 e. The maximum Gasteiger partial charge on any atom is 0.125 e. The van der Waals surface area contributed by atoms with Gasteiger partial charge in [0.1, 0.15) is 5.01 Å². The first-order chi connectivity index (χ1) is 7.16. The molecule has 3 nitrogen and oxygen atoms in total. The summed E-state index contributed by atoms with van der Waals surface area (Å²) in [6, 6.07) is 4.07. The van der Waals surface area contributed by atoms with Crippen LogP contribution in [0.3, 0.4) is 0 Å². The Hall–Kier alpha value is -1.26. The lowest BCUT2D eigenvalue weighted by Crippen LogP contribution is -2.01. The van der Waals surface area contributed by atoms with Crippen LogP contribution in [-0.4, -0.2) is 9.97 Å². The Kier molecular flexibility index (Phi) is 2.79. The van der Waals surface area contributed by atoms with Crippen LogP contribution in [-0.2, 0) is 0 Å². The molecule has 2 rings (SSSR count). The van der Waals surface area contributed by atoms with Crippen molar-refractivity contribution >= 4 is 11.3 Å². The summed E-state index contributed by atoms with van der Waals surface area (Å²) in [5.74, 6) is 0. The van der Waals surface area contributed by atoms with Gasteiger partial charge in [-0.1, -0.05) is 0 Å². The summed E-state index contributed by atoms with van der Waals surface area (Å²) in [5, 5.41) is 0.981. The summed E-state index contributed by atoms with van der Waals surface area (Å²) in [6.45, 7) is 3.93. The first-order valence-electron chi connectivity index (χ1n) is 4.81. The van der Waals surface area contributed by atoms with Crippen molar-refractivity contribution in [3.63, 3.8) is 0 Å². The Morgan fingerprint density at radius 1 is 1.27 bits per heavy atom. The molecule has 2 N–H and O–H groups in total. The van der Waals surface area contributed by atoms with Crippen LogP contribution in [0.1, 0.15) is 23.5 Å². The van der Waals surface area contributed by atoms with Crippen LogP contribution in [0, 0.1) is 6.92 Å². The van der Waals surface area contributed by atoms with Crippen molar-refractivity contribution in [3.05, 3.63) is 35.1 Å². The van der Waals surface area contributed by atoms with Crippen LogP contribution in [0.15, 0.2) is 24.5 Å². The molecule has 0 saturated carbocycles. The van der Waals surface area contributed by atoms with E-state index in [-0.39, 0.29) is 6.04 Å². The number of nitrogens with zero attached hydrogens (tertiary/aromatic N) is 2. The third-order valence-electron chi connectivity index (χ3n) is 2.13. The van der Waals surface area contributed by atoms with E-state index in [0.717, 1.165) is 21.1 Å². The molecule has 0 bridgehead atoms. The highest BCUT2D eigenvalue weighted by molar-refractivity contribution is 7.15. The Labute approximate surface area is 93.0 Å². The minimum absolute atomic E-state index is 0.0506. The third kappa shape index (κ3) is 2.22. The summed E-state index contributed by atoms with van der Waals surface area (Å²) in [6.07, 6.45) is 3.68. The van der Waals surface area contributed by atoms with Crippen molar-refractivity contribution in [1.29, 1.82) is 0 Å². The van der Waals surface area contributed by atoms with Gasteiger partial charge < -0.3 is 5.73 Å². The van der Waals surface area contributed by atoms with Crippen LogP contribution in [0.4, 0.5) is 0 Å². The number of hydrogen-bond donors (Lipinski definition) is 1. The van der Waals surface area contributed by atoms with Gasteiger partial charge in [0.05, 0.1) is 0 Å². The summed E-state index contributed by atoms with van der Waals surface area (Å²) in [7, 11) is 0. The van der Waals surface area contributed by atoms with Gasteiger partial charge in [-0.2, -0.15) is 0 Å². The number of aryl methyl sites for hydroxylation is 1. The van der Waals surface area contributed by atoms with Gasteiger partial charge in [0.15, 0.2) is 0 Å². The normalized spacial score (nSPS) is 12.7. The zero-order valence-corrected chi connectivity index (χ0v) is 9.58. The molecular weight excluding hydrogens is 206 g/mol. The number of nitrogens with two attached hydrogens (primary N) is 1. The van der Waals surface area contributed by atoms with Gasteiger partial charge in [0.2, 0.25) is 0 Å². The molecule has 2 aromatic heterocycles. The zero-order valence-electron chi connectivity index (χ0n) is 8.77. The topological polar surface area (TPSA) is 51.8 Å². The van der Waals surface area contributed by atoms with E-state index in [1.807, 2.05) is 38.4 Å². The summed E-state index contributed by atoms with van der Waals surface area (Å²) < 4.78 is 0. The minimum atomic E-state index is 0.0506. The van der Waals surface area contributed by atoms with Crippen LogP contribution in [0.2, 0.25) is 0 Å². The van der Waals surface area contributed by atoms with Gasteiger partial charge in [0, 0.05) is 34.6 Å². The molecule has 1 atom stereocenters. The zero-order chi connectivity index (χ0) is 10.8. The average Bonchev–Trinajstić information content (AvgIpc) is 2.68. The highest BCUT2D eigenvalue weighted by Crippen LogP contribution is 2.27. The Balaban J connectivity index is 2.33. The summed E-state index contributed by atoms with van der Waals surface area (Å²) in [5.41, 5.74) is 7.85. The van der Waals surface area contributed by atoms with E-state index in [9.17, 15) is 0 Å². The van der Waals surface area contributed by atoms with Crippen LogP contribution < -0.4 is 5.73 Å². The Bertz CT molecular complexity index is 445. The number of pyridine rings is 1.